The number of rotatable bonds is 12. The van der Waals surface area contributed by atoms with E-state index in [1.165, 1.54) is 0 Å². The van der Waals surface area contributed by atoms with Gasteiger partial charge in [0.25, 0.3) is 5.91 Å². The summed E-state index contributed by atoms with van der Waals surface area (Å²) in [5.41, 5.74) is 2.51. The highest BCUT2D eigenvalue weighted by atomic mass is 16.3. The summed E-state index contributed by atoms with van der Waals surface area (Å²) >= 11 is 0. The fourth-order valence-corrected chi connectivity index (χ4v) is 5.23. The molecule has 0 bridgehead atoms. The molecular weight excluding hydrogens is 518 g/mol. The van der Waals surface area contributed by atoms with Gasteiger partial charge in [-0.05, 0) is 42.3 Å². The number of fused-ring (bicyclic) bond motifs is 1. The van der Waals surface area contributed by atoms with Crippen molar-refractivity contribution in [1.29, 1.82) is 0 Å². The summed E-state index contributed by atoms with van der Waals surface area (Å²) in [5, 5.41) is 29.0. The molecule has 1 aromatic heterocycles. The first-order valence-electron chi connectivity index (χ1n) is 13.6. The third-order valence-corrected chi connectivity index (χ3v) is 7.41. The average molecular weight is 552 g/mol. The van der Waals surface area contributed by atoms with E-state index in [1.807, 2.05) is 91.9 Å². The smallest absolute Gasteiger partial charge is 0.264 e. The Morgan fingerprint density at radius 3 is 2.56 bits per heavy atom. The highest BCUT2D eigenvalue weighted by Gasteiger charge is 2.52. The molecule has 210 valence electrons. The monoisotopic (exact) mass is 551 g/mol. The second kappa shape index (κ2) is 12.3. The lowest BCUT2D eigenvalue weighted by Crippen LogP contribution is -2.44. The van der Waals surface area contributed by atoms with Gasteiger partial charge < -0.3 is 15.1 Å². The van der Waals surface area contributed by atoms with E-state index in [4.69, 9.17) is 5.11 Å². The molecule has 5 rings (SSSR count). The zero-order valence-corrected chi connectivity index (χ0v) is 22.9. The number of aromatic nitrogens is 3. The Labute approximate surface area is 239 Å². The summed E-state index contributed by atoms with van der Waals surface area (Å²) in [7, 11) is 0. The van der Waals surface area contributed by atoms with Crippen LogP contribution in [0.1, 0.15) is 30.2 Å². The highest BCUT2D eigenvalue weighted by Crippen LogP contribution is 2.45. The molecule has 2 heterocycles. The lowest BCUT2D eigenvalue weighted by Gasteiger charge is -2.28. The van der Waals surface area contributed by atoms with Crippen molar-refractivity contribution >= 4 is 29.4 Å². The van der Waals surface area contributed by atoms with Crippen molar-refractivity contribution in [1.82, 2.24) is 15.0 Å². The van der Waals surface area contributed by atoms with Crippen molar-refractivity contribution in [2.24, 2.45) is 5.92 Å². The Kier molecular flexibility index (Phi) is 8.37. The molecule has 0 saturated carbocycles. The van der Waals surface area contributed by atoms with Crippen LogP contribution in [0.15, 0.2) is 97.2 Å². The van der Waals surface area contributed by atoms with E-state index < -0.39 is 11.5 Å². The van der Waals surface area contributed by atoms with Gasteiger partial charge in [0.1, 0.15) is 0 Å². The summed E-state index contributed by atoms with van der Waals surface area (Å²) in [6.07, 6.45) is 7.49. The minimum Gasteiger partial charge on any atom is -0.396 e. The number of hydrogen-bond donors (Lipinski definition) is 2. The van der Waals surface area contributed by atoms with Crippen LogP contribution in [0.25, 0.3) is 0 Å². The lowest BCUT2D eigenvalue weighted by atomic mass is 9.83. The van der Waals surface area contributed by atoms with Gasteiger partial charge in [0, 0.05) is 48.6 Å². The lowest BCUT2D eigenvalue weighted by molar-refractivity contribution is -0.139. The number of para-hydroxylation sites is 2. The topological polar surface area (TPSA) is 112 Å². The van der Waals surface area contributed by atoms with Crippen LogP contribution in [0.4, 0.5) is 17.1 Å². The normalized spacial score (nSPS) is 17.1. The summed E-state index contributed by atoms with van der Waals surface area (Å²) in [5.74, 6) is -0.877. The molecule has 0 aliphatic carbocycles. The van der Waals surface area contributed by atoms with Crippen molar-refractivity contribution in [3.63, 3.8) is 0 Å². The molecule has 9 heteroatoms. The Bertz CT molecular complexity index is 1540. The molecule has 41 heavy (non-hydrogen) atoms. The van der Waals surface area contributed by atoms with Gasteiger partial charge >= 0.3 is 0 Å². The fraction of sp³-hybridized carbons (Fsp3) is 0.250. The van der Waals surface area contributed by atoms with E-state index in [0.717, 1.165) is 23.4 Å². The van der Waals surface area contributed by atoms with Crippen molar-refractivity contribution in [3.05, 3.63) is 114 Å². The van der Waals surface area contributed by atoms with Gasteiger partial charge in [-0.1, -0.05) is 72.8 Å². The zero-order valence-electron chi connectivity index (χ0n) is 22.9. The minimum atomic E-state index is -1.72. The maximum Gasteiger partial charge on any atom is 0.264 e. The van der Waals surface area contributed by atoms with Crippen LogP contribution in [0.2, 0.25) is 0 Å². The van der Waals surface area contributed by atoms with Crippen molar-refractivity contribution in [2.75, 3.05) is 16.4 Å². The number of aliphatic hydroxyl groups excluding tert-OH is 1. The third-order valence-electron chi connectivity index (χ3n) is 7.41. The van der Waals surface area contributed by atoms with Gasteiger partial charge in [0.05, 0.1) is 17.9 Å². The van der Waals surface area contributed by atoms with Crippen LogP contribution in [-0.2, 0) is 34.7 Å². The van der Waals surface area contributed by atoms with Crippen molar-refractivity contribution in [3.8, 4) is 0 Å². The maximum absolute atomic E-state index is 13.9. The number of carbonyl (C=O) groups is 2. The van der Waals surface area contributed by atoms with Crippen LogP contribution >= 0.6 is 0 Å². The van der Waals surface area contributed by atoms with Crippen LogP contribution in [0.5, 0.6) is 0 Å². The van der Waals surface area contributed by atoms with E-state index in [0.29, 0.717) is 36.3 Å². The maximum atomic E-state index is 13.9. The molecule has 0 radical (unpaired) electrons. The first kappa shape index (κ1) is 27.9. The predicted octanol–water partition coefficient (Wildman–Crippen LogP) is 4.12. The number of allylic oxidation sites excluding steroid dienone is 1. The molecule has 1 aliphatic rings. The van der Waals surface area contributed by atoms with Crippen molar-refractivity contribution < 1.29 is 19.8 Å². The molecule has 0 spiro atoms. The Morgan fingerprint density at radius 2 is 1.78 bits per heavy atom. The van der Waals surface area contributed by atoms with Gasteiger partial charge in [-0.15, -0.1) is 5.10 Å². The molecule has 0 fully saturated rings. The van der Waals surface area contributed by atoms with Gasteiger partial charge in [0.2, 0.25) is 6.41 Å². The molecule has 3 aromatic carbocycles. The third kappa shape index (κ3) is 5.68. The SMILES string of the molecule is C[C@H](/C=C/CCn1cc(CCO)nn1)[C@@]1(O)C(=O)N(Cc2cccc(N(C=O)c3ccccc3)c2)c2ccccc21. The molecule has 0 unspecified atom stereocenters. The van der Waals surface area contributed by atoms with E-state index in [-0.39, 0.29) is 19.1 Å². The first-order valence-corrected chi connectivity index (χ1v) is 13.6. The number of amides is 2. The van der Waals surface area contributed by atoms with E-state index in [9.17, 15) is 14.7 Å². The number of anilines is 3. The Hall–Kier alpha value is -4.60. The van der Waals surface area contributed by atoms with Crippen LogP contribution < -0.4 is 9.80 Å². The predicted molar refractivity (Wildman–Crippen MR) is 156 cm³/mol. The van der Waals surface area contributed by atoms with Gasteiger partial charge in [-0.3, -0.25) is 19.2 Å². The van der Waals surface area contributed by atoms with E-state index >= 15 is 0 Å². The minimum absolute atomic E-state index is 0.0253. The summed E-state index contributed by atoms with van der Waals surface area (Å²) < 4.78 is 1.71. The molecule has 9 nitrogen and oxygen atoms in total. The van der Waals surface area contributed by atoms with Crippen LogP contribution in [-0.4, -0.2) is 44.1 Å². The second-order valence-corrected chi connectivity index (χ2v) is 10.1. The molecule has 1 aliphatic heterocycles. The number of benzene rings is 3. The summed E-state index contributed by atoms with van der Waals surface area (Å²) in [6.45, 7) is 2.70. The molecule has 2 amide bonds. The highest BCUT2D eigenvalue weighted by molar-refractivity contribution is 6.07. The van der Waals surface area contributed by atoms with Gasteiger partial charge in [-0.25, -0.2) is 0 Å². The standard InChI is InChI=1S/C32H33N5O4/c1-24(10-7-8-18-35-22-26(17-19-38)33-34-35)32(41)29-15-5-6-16-30(29)36(31(32)40)21-25-11-9-14-28(20-25)37(23-39)27-12-3-2-4-13-27/h2-7,9-16,20,22-24,38,41H,8,17-19,21H2,1H3/b10-7+/t24-,32+/m1/s1. The average Bonchev–Trinajstić information content (AvgIpc) is 3.53. The Balaban J connectivity index is 1.33. The van der Waals surface area contributed by atoms with E-state index in [2.05, 4.69) is 10.3 Å². The zero-order chi connectivity index (χ0) is 28.8. The summed E-state index contributed by atoms with van der Waals surface area (Å²) in [4.78, 5) is 29.0. The number of aryl methyl sites for hydroxylation is 1. The van der Waals surface area contributed by atoms with Gasteiger partial charge in [0.15, 0.2) is 5.60 Å². The van der Waals surface area contributed by atoms with Crippen LogP contribution in [0, 0.1) is 5.92 Å². The molecule has 2 N–H and O–H groups in total. The molecule has 0 saturated heterocycles. The Morgan fingerprint density at radius 1 is 1.02 bits per heavy atom. The second-order valence-electron chi connectivity index (χ2n) is 10.1. The molecule has 2 atom stereocenters. The van der Waals surface area contributed by atoms with Crippen molar-refractivity contribution in [2.45, 2.75) is 38.5 Å². The fourth-order valence-electron chi connectivity index (χ4n) is 5.23. The largest absolute Gasteiger partial charge is 0.396 e. The molecular formula is C32H33N5O4. The first-order chi connectivity index (χ1) is 20.0. The number of carbonyl (C=O) groups excluding carboxylic acids is 2. The van der Waals surface area contributed by atoms with Gasteiger partial charge in [-0.2, -0.15) is 0 Å². The number of nitrogens with zero attached hydrogens (tertiary/aromatic N) is 5. The number of aliphatic hydroxyl groups is 2. The van der Waals surface area contributed by atoms with Crippen LogP contribution in [0.3, 0.4) is 0 Å². The molecule has 4 aromatic rings. The quantitative estimate of drug-likeness (QED) is 0.202. The van der Waals surface area contributed by atoms with E-state index in [1.54, 1.807) is 26.7 Å². The summed E-state index contributed by atoms with van der Waals surface area (Å²) in [6, 6.07) is 24.2. The number of hydrogen-bond acceptors (Lipinski definition) is 6.